The van der Waals surface area contributed by atoms with Crippen molar-refractivity contribution in [1.82, 2.24) is 0 Å². The number of carbonyl (C=O) groups excluding carboxylic acids is 2. The van der Waals surface area contributed by atoms with E-state index in [1.807, 2.05) is 20.8 Å². The molecular formula is C17H19NO3. The molecule has 1 fully saturated rings. The van der Waals surface area contributed by atoms with Gasteiger partial charge in [-0.3, -0.25) is 14.5 Å². The Morgan fingerprint density at radius 3 is 2.38 bits per heavy atom. The summed E-state index contributed by atoms with van der Waals surface area (Å²) in [6.45, 7) is 5.53. The Hall–Kier alpha value is -2.12. The van der Waals surface area contributed by atoms with Gasteiger partial charge in [0.05, 0.1) is 5.69 Å². The van der Waals surface area contributed by atoms with Crippen LogP contribution in [0.2, 0.25) is 0 Å². The summed E-state index contributed by atoms with van der Waals surface area (Å²) in [6.07, 6.45) is 0.730. The number of hydrogen-bond acceptors (Lipinski definition) is 3. The van der Waals surface area contributed by atoms with Gasteiger partial charge in [0.15, 0.2) is 0 Å². The molecule has 110 valence electrons. The van der Waals surface area contributed by atoms with Gasteiger partial charge in [-0.25, -0.2) is 0 Å². The first-order valence-corrected chi connectivity index (χ1v) is 6.90. The Bertz CT molecular complexity index is 630. The van der Waals surface area contributed by atoms with Crippen molar-refractivity contribution in [3.8, 4) is 11.8 Å². The van der Waals surface area contributed by atoms with Crippen molar-refractivity contribution in [3.63, 3.8) is 0 Å². The molecule has 1 aliphatic heterocycles. The first kappa shape index (κ1) is 15.3. The summed E-state index contributed by atoms with van der Waals surface area (Å²) in [5.74, 6) is 5.11. The van der Waals surface area contributed by atoms with E-state index in [9.17, 15) is 9.59 Å². The number of carbonyl (C=O) groups is 2. The molecule has 1 aromatic carbocycles. The third-order valence-corrected chi connectivity index (χ3v) is 3.53. The quantitative estimate of drug-likeness (QED) is 0.634. The van der Waals surface area contributed by atoms with Gasteiger partial charge in [-0.05, 0) is 36.1 Å². The van der Waals surface area contributed by atoms with Gasteiger partial charge in [-0.2, -0.15) is 0 Å². The van der Waals surface area contributed by atoms with Gasteiger partial charge in [0.1, 0.15) is 6.61 Å². The number of nitrogens with zero attached hydrogens (tertiary/aromatic N) is 1. The molecule has 2 rings (SSSR count). The molecule has 0 bridgehead atoms. The van der Waals surface area contributed by atoms with Crippen LogP contribution in [0.5, 0.6) is 0 Å². The molecule has 1 saturated heterocycles. The molecule has 0 unspecified atom stereocenters. The third kappa shape index (κ3) is 3.32. The zero-order valence-electron chi connectivity index (χ0n) is 12.6. The van der Waals surface area contributed by atoms with Crippen LogP contribution in [0.4, 0.5) is 5.69 Å². The van der Waals surface area contributed by atoms with Crippen molar-refractivity contribution in [3.05, 3.63) is 29.3 Å². The highest BCUT2D eigenvalue weighted by atomic mass is 16.2. The van der Waals surface area contributed by atoms with Gasteiger partial charge in [-0.15, -0.1) is 0 Å². The van der Waals surface area contributed by atoms with Crippen molar-refractivity contribution in [2.45, 2.75) is 33.6 Å². The van der Waals surface area contributed by atoms with E-state index in [0.717, 1.165) is 11.1 Å². The standard InChI is InChI=1S/C17H19NO3/c1-12-9-14(7-6-13(12)5-4-8-19)18-15(20)10-17(2,3)11-16(18)21/h6-7,9,19H,8,10-11H2,1-3H3. The number of aryl methyl sites for hydroxylation is 1. The lowest BCUT2D eigenvalue weighted by molar-refractivity contribution is -0.132. The molecule has 0 atom stereocenters. The van der Waals surface area contributed by atoms with E-state index in [2.05, 4.69) is 11.8 Å². The highest BCUT2D eigenvalue weighted by Crippen LogP contribution is 2.34. The van der Waals surface area contributed by atoms with E-state index in [4.69, 9.17) is 5.11 Å². The SMILES string of the molecule is Cc1cc(N2C(=O)CC(C)(C)CC2=O)ccc1C#CCO. The number of piperidine rings is 1. The van der Waals surface area contributed by atoms with Crippen LogP contribution in [-0.4, -0.2) is 23.5 Å². The van der Waals surface area contributed by atoms with E-state index in [1.54, 1.807) is 18.2 Å². The number of imide groups is 1. The lowest BCUT2D eigenvalue weighted by Crippen LogP contribution is -2.46. The van der Waals surface area contributed by atoms with Crippen LogP contribution >= 0.6 is 0 Å². The van der Waals surface area contributed by atoms with Crippen molar-refractivity contribution in [2.24, 2.45) is 5.41 Å². The number of benzene rings is 1. The van der Waals surface area contributed by atoms with Crippen molar-refractivity contribution >= 4 is 17.5 Å². The molecule has 1 N–H and O–H groups in total. The zero-order valence-corrected chi connectivity index (χ0v) is 12.6. The maximum Gasteiger partial charge on any atom is 0.234 e. The number of rotatable bonds is 1. The lowest BCUT2D eigenvalue weighted by Gasteiger charge is -2.34. The number of hydrogen-bond donors (Lipinski definition) is 1. The minimum absolute atomic E-state index is 0.162. The second kappa shape index (κ2) is 5.71. The largest absolute Gasteiger partial charge is 0.384 e. The van der Waals surface area contributed by atoms with Gasteiger partial charge in [0.2, 0.25) is 11.8 Å². The molecule has 1 heterocycles. The molecule has 2 amide bonds. The normalized spacial score (nSPS) is 17.4. The van der Waals surface area contributed by atoms with E-state index in [-0.39, 0.29) is 23.8 Å². The Kier molecular flexibility index (Phi) is 4.15. The summed E-state index contributed by atoms with van der Waals surface area (Å²) in [5.41, 5.74) is 1.98. The van der Waals surface area contributed by atoms with E-state index >= 15 is 0 Å². The minimum Gasteiger partial charge on any atom is -0.384 e. The minimum atomic E-state index is -0.272. The van der Waals surface area contributed by atoms with Gasteiger partial charge >= 0.3 is 0 Å². The fourth-order valence-electron chi connectivity index (χ4n) is 2.53. The van der Waals surface area contributed by atoms with Crippen LogP contribution in [0.25, 0.3) is 0 Å². The van der Waals surface area contributed by atoms with Crippen LogP contribution in [0, 0.1) is 24.2 Å². The Morgan fingerprint density at radius 2 is 1.86 bits per heavy atom. The third-order valence-electron chi connectivity index (χ3n) is 3.53. The van der Waals surface area contributed by atoms with Gasteiger partial charge in [-0.1, -0.05) is 25.7 Å². The Balaban J connectivity index is 2.32. The highest BCUT2D eigenvalue weighted by molar-refractivity contribution is 6.16. The molecule has 1 aromatic rings. The molecule has 4 heteroatoms. The molecule has 0 aliphatic carbocycles. The highest BCUT2D eigenvalue weighted by Gasteiger charge is 2.38. The van der Waals surface area contributed by atoms with Gasteiger partial charge < -0.3 is 5.11 Å². The van der Waals surface area contributed by atoms with Crippen molar-refractivity contribution in [2.75, 3.05) is 11.5 Å². The topological polar surface area (TPSA) is 57.6 Å². The monoisotopic (exact) mass is 285 g/mol. The van der Waals surface area contributed by atoms with Crippen LogP contribution in [0.3, 0.4) is 0 Å². The summed E-state index contributed by atoms with van der Waals surface area (Å²) in [7, 11) is 0. The van der Waals surface area contributed by atoms with Gasteiger partial charge in [0, 0.05) is 18.4 Å². The second-order valence-electron chi connectivity index (χ2n) is 6.10. The number of aliphatic hydroxyl groups excluding tert-OH is 1. The number of aliphatic hydroxyl groups is 1. The molecular weight excluding hydrogens is 266 g/mol. The summed E-state index contributed by atoms with van der Waals surface area (Å²) in [4.78, 5) is 25.7. The number of amides is 2. The zero-order chi connectivity index (χ0) is 15.6. The Morgan fingerprint density at radius 1 is 1.24 bits per heavy atom. The van der Waals surface area contributed by atoms with E-state index in [1.165, 1.54) is 4.90 Å². The first-order valence-electron chi connectivity index (χ1n) is 6.90. The van der Waals surface area contributed by atoms with Crippen LogP contribution in [0.1, 0.15) is 37.8 Å². The number of anilines is 1. The van der Waals surface area contributed by atoms with Crippen LogP contribution < -0.4 is 4.90 Å². The molecule has 4 nitrogen and oxygen atoms in total. The molecule has 0 radical (unpaired) electrons. The molecule has 0 saturated carbocycles. The fraction of sp³-hybridized carbons (Fsp3) is 0.412. The maximum absolute atomic E-state index is 12.2. The van der Waals surface area contributed by atoms with E-state index < -0.39 is 0 Å². The van der Waals surface area contributed by atoms with Crippen LogP contribution in [-0.2, 0) is 9.59 Å². The molecule has 21 heavy (non-hydrogen) atoms. The van der Waals surface area contributed by atoms with E-state index in [0.29, 0.717) is 18.5 Å². The predicted molar refractivity (Wildman–Crippen MR) is 80.7 cm³/mol. The Labute approximate surface area is 124 Å². The van der Waals surface area contributed by atoms with Gasteiger partial charge in [0.25, 0.3) is 0 Å². The maximum atomic E-state index is 12.2. The summed E-state index contributed by atoms with van der Waals surface area (Å²) in [5, 5.41) is 8.72. The smallest absolute Gasteiger partial charge is 0.234 e. The van der Waals surface area contributed by atoms with Crippen molar-refractivity contribution < 1.29 is 14.7 Å². The molecule has 1 aliphatic rings. The summed E-state index contributed by atoms with van der Waals surface area (Å²) >= 11 is 0. The fourth-order valence-corrected chi connectivity index (χ4v) is 2.53. The molecule has 0 aromatic heterocycles. The van der Waals surface area contributed by atoms with Crippen LogP contribution in [0.15, 0.2) is 18.2 Å². The predicted octanol–water partition coefficient (Wildman–Crippen LogP) is 2.02. The average molecular weight is 285 g/mol. The summed E-state index contributed by atoms with van der Waals surface area (Å²) < 4.78 is 0. The molecule has 0 spiro atoms. The van der Waals surface area contributed by atoms with Crippen molar-refractivity contribution in [1.29, 1.82) is 0 Å². The first-order chi connectivity index (χ1) is 9.84. The lowest BCUT2D eigenvalue weighted by atomic mass is 9.81. The summed E-state index contributed by atoms with van der Waals surface area (Å²) in [6, 6.07) is 5.28. The average Bonchev–Trinajstić information content (AvgIpc) is 2.35. The second-order valence-corrected chi connectivity index (χ2v) is 6.10.